The first-order chi connectivity index (χ1) is 10.7. The first kappa shape index (κ1) is 14.4. The van der Waals surface area contributed by atoms with Crippen molar-refractivity contribution in [2.24, 2.45) is 0 Å². The highest BCUT2D eigenvalue weighted by Crippen LogP contribution is 2.23. The summed E-state index contributed by atoms with van der Waals surface area (Å²) >= 11 is 1.59. The van der Waals surface area contributed by atoms with E-state index < -0.39 is 0 Å². The molecule has 0 spiro atoms. The minimum atomic E-state index is -0.210. The molecule has 1 amide bonds. The van der Waals surface area contributed by atoms with Gasteiger partial charge in [-0.25, -0.2) is 0 Å². The molecule has 2 heterocycles. The van der Waals surface area contributed by atoms with Crippen LogP contribution in [0.3, 0.4) is 0 Å². The topological polar surface area (TPSA) is 46.9 Å². The molecule has 3 aromatic rings. The number of anilines is 1. The second-order valence-electron chi connectivity index (χ2n) is 4.83. The summed E-state index contributed by atoms with van der Waals surface area (Å²) in [6.45, 7) is 2.06. The molecule has 0 fully saturated rings. The van der Waals surface area contributed by atoms with E-state index in [-0.39, 0.29) is 5.91 Å². The average molecular weight is 309 g/mol. The zero-order valence-electron chi connectivity index (χ0n) is 12.1. The molecule has 0 radical (unpaired) electrons. The van der Waals surface area contributed by atoms with Crippen LogP contribution in [0, 0.1) is 6.92 Å². The molecule has 2 aromatic heterocycles. The highest BCUT2D eigenvalue weighted by Gasteiger charge is 2.07. The van der Waals surface area contributed by atoms with Crippen LogP contribution < -0.4 is 5.32 Å². The molecule has 5 heteroatoms. The fourth-order valence-electron chi connectivity index (χ4n) is 1.92. The van der Waals surface area contributed by atoms with Crippen LogP contribution in [-0.2, 0) is 0 Å². The second-order valence-corrected chi connectivity index (χ2v) is 5.91. The van der Waals surface area contributed by atoms with E-state index in [0.717, 1.165) is 10.6 Å². The Morgan fingerprint density at radius 3 is 2.68 bits per heavy atom. The smallest absolute Gasteiger partial charge is 0.274 e. The van der Waals surface area contributed by atoms with E-state index in [1.807, 2.05) is 22.4 Å². The number of aryl methyl sites for hydroxylation is 1. The number of aromatic nitrogens is 2. The largest absolute Gasteiger partial charge is 0.319 e. The highest BCUT2D eigenvalue weighted by atomic mass is 32.2. The number of benzene rings is 1. The number of hydrogen-bond donors (Lipinski definition) is 1. The Kier molecular flexibility index (Phi) is 4.25. The van der Waals surface area contributed by atoms with Gasteiger partial charge in [-0.1, -0.05) is 23.8 Å². The Morgan fingerprint density at radius 1 is 1.14 bits per heavy atom. The van der Waals surface area contributed by atoms with E-state index in [4.69, 9.17) is 0 Å². The Hall–Kier alpha value is -2.53. The van der Waals surface area contributed by atoms with E-state index in [1.165, 1.54) is 5.56 Å². The summed E-state index contributed by atoms with van der Waals surface area (Å²) < 4.78 is 1.96. The van der Waals surface area contributed by atoms with Gasteiger partial charge in [0.1, 0.15) is 5.69 Å². The van der Waals surface area contributed by atoms with E-state index >= 15 is 0 Å². The first-order valence-corrected chi connectivity index (χ1v) is 7.63. The van der Waals surface area contributed by atoms with Crippen molar-refractivity contribution in [2.75, 3.05) is 5.32 Å². The molecule has 1 N–H and O–H groups in total. The van der Waals surface area contributed by atoms with E-state index in [1.54, 1.807) is 36.3 Å². The normalized spacial score (nSPS) is 10.4. The summed E-state index contributed by atoms with van der Waals surface area (Å²) in [7, 11) is 0. The molecule has 4 nitrogen and oxygen atoms in total. The number of nitrogens with one attached hydrogen (secondary N) is 1. The lowest BCUT2D eigenvalue weighted by molar-refractivity contribution is 0.102. The van der Waals surface area contributed by atoms with E-state index in [9.17, 15) is 4.79 Å². The van der Waals surface area contributed by atoms with Gasteiger partial charge in [-0.2, -0.15) is 0 Å². The van der Waals surface area contributed by atoms with Crippen LogP contribution in [0.25, 0.3) is 0 Å². The van der Waals surface area contributed by atoms with Gasteiger partial charge in [0, 0.05) is 23.5 Å². The van der Waals surface area contributed by atoms with Gasteiger partial charge in [-0.3, -0.25) is 13.8 Å². The Bertz CT molecular complexity index is 766. The molecule has 0 unspecified atom stereocenters. The number of pyridine rings is 1. The monoisotopic (exact) mass is 309 g/mol. The maximum atomic E-state index is 12.0. The van der Waals surface area contributed by atoms with E-state index in [2.05, 4.69) is 41.5 Å². The van der Waals surface area contributed by atoms with Gasteiger partial charge >= 0.3 is 0 Å². The fourth-order valence-corrected chi connectivity index (χ4v) is 2.71. The van der Waals surface area contributed by atoms with Crippen molar-refractivity contribution in [2.45, 2.75) is 11.8 Å². The fraction of sp³-hybridized carbons (Fsp3) is 0.0588. The van der Waals surface area contributed by atoms with Crippen LogP contribution in [-0.4, -0.2) is 14.9 Å². The van der Waals surface area contributed by atoms with Crippen LogP contribution in [0.2, 0.25) is 0 Å². The molecular formula is C17H15N3OS. The lowest BCUT2D eigenvalue weighted by Gasteiger charge is -2.03. The molecule has 110 valence electrons. The third-order valence-corrected chi connectivity index (χ3v) is 3.98. The molecule has 0 saturated heterocycles. The molecule has 0 aliphatic heterocycles. The summed E-state index contributed by atoms with van der Waals surface area (Å²) in [4.78, 5) is 17.2. The Balaban J connectivity index is 1.66. The molecule has 0 saturated carbocycles. The number of hydrogen-bond acceptors (Lipinski definition) is 3. The van der Waals surface area contributed by atoms with Crippen LogP contribution in [0.4, 0.5) is 5.69 Å². The van der Waals surface area contributed by atoms with Crippen LogP contribution >= 0.6 is 11.9 Å². The predicted molar refractivity (Wildman–Crippen MR) is 89.1 cm³/mol. The minimum Gasteiger partial charge on any atom is -0.319 e. The minimum absolute atomic E-state index is 0.210. The quantitative estimate of drug-likeness (QED) is 0.792. The van der Waals surface area contributed by atoms with Gasteiger partial charge in [-0.05, 0) is 49.2 Å². The maximum absolute atomic E-state index is 12.0. The molecule has 0 bridgehead atoms. The summed E-state index contributed by atoms with van der Waals surface area (Å²) in [5.74, 6) is -0.210. The molecule has 0 aliphatic carbocycles. The van der Waals surface area contributed by atoms with Gasteiger partial charge in [0.2, 0.25) is 0 Å². The highest BCUT2D eigenvalue weighted by molar-refractivity contribution is 7.97. The summed E-state index contributed by atoms with van der Waals surface area (Å²) in [6.07, 6.45) is 5.40. The summed E-state index contributed by atoms with van der Waals surface area (Å²) in [5.41, 5.74) is 2.39. The van der Waals surface area contributed by atoms with Crippen molar-refractivity contribution in [3.63, 3.8) is 0 Å². The first-order valence-electron chi connectivity index (χ1n) is 6.86. The molecule has 3 rings (SSSR count). The average Bonchev–Trinajstić information content (AvgIpc) is 2.97. The van der Waals surface area contributed by atoms with Gasteiger partial charge in [0.05, 0.1) is 5.69 Å². The van der Waals surface area contributed by atoms with Crippen molar-refractivity contribution in [1.29, 1.82) is 0 Å². The third-order valence-electron chi connectivity index (χ3n) is 3.05. The third kappa shape index (κ3) is 3.56. The van der Waals surface area contributed by atoms with Gasteiger partial charge in [0.15, 0.2) is 0 Å². The van der Waals surface area contributed by atoms with Crippen molar-refractivity contribution in [3.8, 4) is 0 Å². The summed E-state index contributed by atoms with van der Waals surface area (Å²) in [5, 5.41) is 2.84. The van der Waals surface area contributed by atoms with Gasteiger partial charge in [0.25, 0.3) is 5.91 Å². The van der Waals surface area contributed by atoms with Crippen LogP contribution in [0.1, 0.15) is 16.1 Å². The standard InChI is InChI=1S/C17H15N3OS/c1-13-5-7-15(8-6-13)22-20-11-9-14(12-20)19-17(21)16-4-2-3-10-18-16/h2-12H,1H3,(H,19,21). The summed E-state index contributed by atoms with van der Waals surface area (Å²) in [6, 6.07) is 15.4. The SMILES string of the molecule is Cc1ccc(Sn2ccc(NC(=O)c3ccccn3)c2)cc1. The second kappa shape index (κ2) is 6.49. The Labute approximate surface area is 133 Å². The zero-order valence-corrected chi connectivity index (χ0v) is 12.9. The van der Waals surface area contributed by atoms with E-state index in [0.29, 0.717) is 5.69 Å². The lowest BCUT2D eigenvalue weighted by Crippen LogP contribution is -2.12. The number of carbonyl (C=O) groups excluding carboxylic acids is 1. The predicted octanol–water partition coefficient (Wildman–Crippen LogP) is 4.00. The number of carbonyl (C=O) groups is 1. The van der Waals surface area contributed by atoms with Gasteiger partial charge in [-0.15, -0.1) is 0 Å². The molecule has 0 atom stereocenters. The van der Waals surface area contributed by atoms with Crippen LogP contribution in [0.5, 0.6) is 0 Å². The molecule has 22 heavy (non-hydrogen) atoms. The zero-order chi connectivity index (χ0) is 15.4. The Morgan fingerprint density at radius 2 is 1.95 bits per heavy atom. The van der Waals surface area contributed by atoms with Crippen LogP contribution in [0.15, 0.2) is 72.0 Å². The van der Waals surface area contributed by atoms with Crippen molar-refractivity contribution in [3.05, 3.63) is 78.4 Å². The number of nitrogens with zero attached hydrogens (tertiary/aromatic N) is 2. The molecule has 0 aliphatic rings. The molecule has 1 aromatic carbocycles. The van der Waals surface area contributed by atoms with Crippen molar-refractivity contribution in [1.82, 2.24) is 8.96 Å². The number of rotatable bonds is 4. The van der Waals surface area contributed by atoms with Crippen molar-refractivity contribution >= 4 is 23.5 Å². The number of amides is 1. The maximum Gasteiger partial charge on any atom is 0.274 e. The van der Waals surface area contributed by atoms with Gasteiger partial charge < -0.3 is 5.32 Å². The van der Waals surface area contributed by atoms with Crippen molar-refractivity contribution < 1.29 is 4.79 Å². The molecular weight excluding hydrogens is 294 g/mol. The lowest BCUT2D eigenvalue weighted by atomic mass is 10.2.